The second kappa shape index (κ2) is 12.9. The summed E-state index contributed by atoms with van der Waals surface area (Å²) in [6.45, 7) is 2.81. The van der Waals surface area contributed by atoms with Crippen LogP contribution >= 0.6 is 11.3 Å². The number of nitrogens with zero attached hydrogens (tertiary/aromatic N) is 5. The Morgan fingerprint density at radius 2 is 1.93 bits per heavy atom. The van der Waals surface area contributed by atoms with Crippen LogP contribution in [0, 0.1) is 0 Å². The minimum absolute atomic E-state index is 0.243. The first-order valence-corrected chi connectivity index (χ1v) is 11.1. The summed E-state index contributed by atoms with van der Waals surface area (Å²) < 4.78 is 0. The zero-order chi connectivity index (χ0) is 21.8. The van der Waals surface area contributed by atoms with Gasteiger partial charge in [0, 0.05) is 24.0 Å². The molecule has 0 aliphatic heterocycles. The fraction of sp³-hybridized carbons (Fsp3) is 0.524. The topological polar surface area (TPSA) is 118 Å². The Bertz CT molecular complexity index is 788. The van der Waals surface area contributed by atoms with Gasteiger partial charge in [-0.2, -0.15) is 0 Å². The maximum absolute atomic E-state index is 5.25. The number of aliphatic imine (C=N–C) groups is 1. The molecule has 3 rings (SSSR count). The van der Waals surface area contributed by atoms with Crippen molar-refractivity contribution in [1.82, 2.24) is 19.9 Å². The number of nitrogens with one attached hydrogen (secondary N) is 1. The molecule has 1 aliphatic rings. The van der Waals surface area contributed by atoms with Gasteiger partial charge in [0.05, 0.1) is 24.1 Å². The van der Waals surface area contributed by atoms with E-state index in [2.05, 4.69) is 36.2 Å². The summed E-state index contributed by atoms with van der Waals surface area (Å²) in [6.07, 6.45) is 16.7. The Morgan fingerprint density at radius 3 is 2.53 bits per heavy atom. The summed E-state index contributed by atoms with van der Waals surface area (Å²) in [5, 5.41) is 4.02. The molecule has 9 heteroatoms. The largest absolute Gasteiger partial charge is 0.370 e. The van der Waals surface area contributed by atoms with Gasteiger partial charge in [0.2, 0.25) is 0 Å². The number of guanidine groups is 1. The number of allylic oxidation sites excluding steroid dienone is 2. The van der Waals surface area contributed by atoms with Crippen LogP contribution in [0.25, 0.3) is 0 Å². The fourth-order valence-corrected chi connectivity index (χ4v) is 3.84. The molecule has 1 saturated carbocycles. The van der Waals surface area contributed by atoms with Gasteiger partial charge in [0.25, 0.3) is 0 Å². The third-order valence-electron chi connectivity index (χ3n) is 4.43. The van der Waals surface area contributed by atoms with Crippen molar-refractivity contribution in [3.8, 4) is 0 Å². The zero-order valence-corrected chi connectivity index (χ0v) is 19.0. The monoisotopic (exact) mass is 430 g/mol. The van der Waals surface area contributed by atoms with E-state index in [9.17, 15) is 0 Å². The van der Waals surface area contributed by atoms with Crippen molar-refractivity contribution in [1.29, 1.82) is 0 Å². The van der Waals surface area contributed by atoms with E-state index in [4.69, 9.17) is 11.5 Å². The van der Waals surface area contributed by atoms with Crippen LogP contribution in [-0.4, -0.2) is 45.9 Å². The lowest BCUT2D eigenvalue weighted by Crippen LogP contribution is -2.26. The molecule has 5 N–H and O–H groups in total. The van der Waals surface area contributed by atoms with Crippen molar-refractivity contribution < 1.29 is 0 Å². The average Bonchev–Trinajstić information content (AvgIpc) is 3.15. The number of hydrogen-bond acceptors (Lipinski definition) is 7. The fourth-order valence-electron chi connectivity index (χ4n) is 3.05. The van der Waals surface area contributed by atoms with Crippen molar-refractivity contribution in [3.63, 3.8) is 0 Å². The third kappa shape index (κ3) is 9.32. The van der Waals surface area contributed by atoms with E-state index in [-0.39, 0.29) is 5.96 Å². The Hall–Kier alpha value is -2.52. The molecule has 0 atom stereocenters. The number of nitrogens with two attached hydrogens (primary N) is 2. The van der Waals surface area contributed by atoms with Crippen LogP contribution in [0.1, 0.15) is 49.6 Å². The molecule has 1 fully saturated rings. The Morgan fingerprint density at radius 1 is 1.17 bits per heavy atom. The molecular weight excluding hydrogens is 396 g/mol. The molecule has 0 aromatic carbocycles. The summed E-state index contributed by atoms with van der Waals surface area (Å²) in [6, 6.07) is 0.416. The lowest BCUT2D eigenvalue weighted by Gasteiger charge is -2.17. The van der Waals surface area contributed by atoms with Crippen molar-refractivity contribution in [3.05, 3.63) is 41.3 Å². The van der Waals surface area contributed by atoms with Crippen LogP contribution in [0.2, 0.25) is 0 Å². The summed E-state index contributed by atoms with van der Waals surface area (Å²) in [7, 11) is 4.02. The highest BCUT2D eigenvalue weighted by atomic mass is 32.1. The number of thiazole rings is 1. The molecule has 8 nitrogen and oxygen atoms in total. The van der Waals surface area contributed by atoms with Gasteiger partial charge in [-0.25, -0.2) is 9.97 Å². The minimum Gasteiger partial charge on any atom is -0.370 e. The van der Waals surface area contributed by atoms with Crippen LogP contribution in [-0.2, 0) is 13.0 Å². The Kier molecular flexibility index (Phi) is 10.2. The summed E-state index contributed by atoms with van der Waals surface area (Å²) in [4.78, 5) is 20.4. The highest BCUT2D eigenvalue weighted by Crippen LogP contribution is 2.22. The van der Waals surface area contributed by atoms with Gasteiger partial charge in [0.15, 0.2) is 16.9 Å². The number of anilines is 2. The molecule has 2 aromatic heterocycles. The highest BCUT2D eigenvalue weighted by Gasteiger charge is 2.11. The van der Waals surface area contributed by atoms with E-state index >= 15 is 0 Å². The van der Waals surface area contributed by atoms with Crippen LogP contribution in [0.3, 0.4) is 0 Å². The van der Waals surface area contributed by atoms with Crippen molar-refractivity contribution >= 4 is 28.2 Å². The molecule has 1 aliphatic carbocycles. The Labute approximate surface area is 183 Å². The van der Waals surface area contributed by atoms with Crippen molar-refractivity contribution in [2.24, 2.45) is 16.5 Å². The van der Waals surface area contributed by atoms with Gasteiger partial charge in [-0.1, -0.05) is 31.4 Å². The normalized spacial score (nSPS) is 14.4. The molecule has 0 amide bonds. The standard InChI is InChI=1S/C14H19N5S.C7H15N3/c1-4-5-6-12-8-17-14(20-12)18-13-9-15-11(7-16-13)10-19(2)3;8-7(9)10-6-4-2-1-3-5-6/h4-5,7-9H,6,10H2,1-3H3,(H,16,17,18);6H,1-5H2,(H4,8,9,10)/b5-4+;. The predicted octanol–water partition coefficient (Wildman–Crippen LogP) is 3.45. The van der Waals surface area contributed by atoms with E-state index in [1.165, 1.54) is 24.1 Å². The SMILES string of the molecule is C/C=C/Cc1cnc(Nc2cnc(CN(C)C)cn2)s1.NC(N)=NC1CCCCC1. The highest BCUT2D eigenvalue weighted by molar-refractivity contribution is 7.15. The van der Waals surface area contributed by atoms with Gasteiger partial charge in [-0.05, 0) is 33.9 Å². The summed E-state index contributed by atoms with van der Waals surface area (Å²) in [5.74, 6) is 0.964. The van der Waals surface area contributed by atoms with E-state index in [1.807, 2.05) is 33.3 Å². The Balaban J connectivity index is 0.000000269. The maximum Gasteiger partial charge on any atom is 0.188 e. The van der Waals surface area contributed by atoms with Gasteiger partial charge in [0.1, 0.15) is 0 Å². The molecule has 0 saturated heterocycles. The van der Waals surface area contributed by atoms with Crippen molar-refractivity contribution in [2.45, 2.75) is 58.0 Å². The number of aromatic nitrogens is 3. The van der Waals surface area contributed by atoms with E-state index in [0.29, 0.717) is 6.04 Å². The van der Waals surface area contributed by atoms with E-state index in [0.717, 1.165) is 42.5 Å². The van der Waals surface area contributed by atoms with Crippen LogP contribution in [0.4, 0.5) is 10.9 Å². The first-order valence-electron chi connectivity index (χ1n) is 10.3. The van der Waals surface area contributed by atoms with Gasteiger partial charge in [-0.3, -0.25) is 9.98 Å². The molecule has 0 radical (unpaired) electrons. The molecule has 2 heterocycles. The maximum atomic E-state index is 5.25. The zero-order valence-electron chi connectivity index (χ0n) is 18.2. The second-order valence-corrected chi connectivity index (χ2v) is 8.62. The van der Waals surface area contributed by atoms with E-state index < -0.39 is 0 Å². The number of hydrogen-bond donors (Lipinski definition) is 3. The molecule has 2 aromatic rings. The van der Waals surface area contributed by atoms with Crippen LogP contribution < -0.4 is 16.8 Å². The first kappa shape index (κ1) is 23.8. The van der Waals surface area contributed by atoms with Gasteiger partial charge < -0.3 is 21.7 Å². The van der Waals surface area contributed by atoms with Crippen molar-refractivity contribution in [2.75, 3.05) is 19.4 Å². The smallest absolute Gasteiger partial charge is 0.188 e. The summed E-state index contributed by atoms with van der Waals surface area (Å²) in [5.41, 5.74) is 11.5. The predicted molar refractivity (Wildman–Crippen MR) is 126 cm³/mol. The summed E-state index contributed by atoms with van der Waals surface area (Å²) >= 11 is 1.63. The van der Waals surface area contributed by atoms with Crippen LogP contribution in [0.15, 0.2) is 35.7 Å². The molecule has 30 heavy (non-hydrogen) atoms. The lowest BCUT2D eigenvalue weighted by atomic mass is 9.96. The van der Waals surface area contributed by atoms with Gasteiger partial charge >= 0.3 is 0 Å². The second-order valence-electron chi connectivity index (χ2n) is 7.51. The molecule has 0 spiro atoms. The molecular formula is C21H34N8S. The van der Waals surface area contributed by atoms with E-state index in [1.54, 1.807) is 23.7 Å². The number of rotatable bonds is 7. The minimum atomic E-state index is 0.243. The first-order chi connectivity index (χ1) is 14.5. The third-order valence-corrected chi connectivity index (χ3v) is 5.37. The quantitative estimate of drug-likeness (QED) is 0.350. The van der Waals surface area contributed by atoms with Gasteiger partial charge in [-0.15, -0.1) is 11.3 Å². The molecule has 0 bridgehead atoms. The average molecular weight is 431 g/mol. The van der Waals surface area contributed by atoms with Crippen LogP contribution in [0.5, 0.6) is 0 Å². The molecule has 164 valence electrons. The lowest BCUT2D eigenvalue weighted by molar-refractivity contribution is 0.396. The molecule has 0 unspecified atom stereocenters.